The van der Waals surface area contributed by atoms with Crippen molar-refractivity contribution in [2.24, 2.45) is 0 Å². The Morgan fingerprint density at radius 1 is 1.39 bits per heavy atom. The Kier molecular flexibility index (Phi) is 3.29. The lowest BCUT2D eigenvalue weighted by Crippen LogP contribution is -2.00. The summed E-state index contributed by atoms with van der Waals surface area (Å²) in [6.07, 6.45) is 1.88. The van der Waals surface area contributed by atoms with Gasteiger partial charge in [-0.1, -0.05) is 17.3 Å². The molecule has 2 heterocycles. The summed E-state index contributed by atoms with van der Waals surface area (Å²) in [6, 6.07) is 6.39. The molecule has 94 valence electrons. The second-order valence-corrected chi connectivity index (χ2v) is 5.21. The Hall–Kier alpha value is -1.40. The van der Waals surface area contributed by atoms with Gasteiger partial charge in [0, 0.05) is 5.75 Å². The molecule has 0 saturated carbocycles. The Morgan fingerprint density at radius 2 is 2.22 bits per heavy atom. The molecule has 1 fully saturated rings. The fourth-order valence-corrected chi connectivity index (χ4v) is 2.68. The maximum Gasteiger partial charge on any atom is 0.148 e. The van der Waals surface area contributed by atoms with Gasteiger partial charge in [0.2, 0.25) is 0 Å². The summed E-state index contributed by atoms with van der Waals surface area (Å²) >= 11 is 1.73. The van der Waals surface area contributed by atoms with E-state index in [0.29, 0.717) is 6.54 Å². The van der Waals surface area contributed by atoms with Crippen LogP contribution in [0.1, 0.15) is 16.7 Å². The van der Waals surface area contributed by atoms with Crippen molar-refractivity contribution >= 4 is 11.8 Å². The molecule has 0 N–H and O–H groups in total. The Balaban J connectivity index is 1.71. The van der Waals surface area contributed by atoms with Crippen molar-refractivity contribution < 1.29 is 9.13 Å². The Bertz CT molecular complexity index is 522. The molecule has 1 aromatic heterocycles. The van der Waals surface area contributed by atoms with E-state index in [-0.39, 0.29) is 11.3 Å². The van der Waals surface area contributed by atoms with Crippen LogP contribution >= 0.6 is 11.8 Å². The van der Waals surface area contributed by atoms with Crippen LogP contribution in [-0.2, 0) is 11.3 Å². The lowest BCUT2D eigenvalue weighted by Gasteiger charge is -2.02. The fraction of sp³-hybridized carbons (Fsp3) is 0.333. The number of aromatic nitrogens is 3. The summed E-state index contributed by atoms with van der Waals surface area (Å²) in [5, 5.41) is 8.16. The summed E-state index contributed by atoms with van der Waals surface area (Å²) < 4.78 is 20.0. The van der Waals surface area contributed by atoms with Crippen LogP contribution in [0.15, 0.2) is 30.5 Å². The monoisotopic (exact) mass is 265 g/mol. The van der Waals surface area contributed by atoms with Crippen molar-refractivity contribution in [3.63, 3.8) is 0 Å². The molecule has 1 atom stereocenters. The molecular formula is C12H12FN3OS. The summed E-state index contributed by atoms with van der Waals surface area (Å²) in [7, 11) is 0. The van der Waals surface area contributed by atoms with Crippen molar-refractivity contribution in [1.29, 1.82) is 0 Å². The number of thioether (sulfide) groups is 1. The van der Waals surface area contributed by atoms with Crippen LogP contribution in [0.4, 0.5) is 4.39 Å². The first kappa shape index (κ1) is 11.7. The number of hydrogen-bond donors (Lipinski definition) is 0. The molecule has 1 saturated heterocycles. The van der Waals surface area contributed by atoms with E-state index in [9.17, 15) is 4.39 Å². The molecule has 6 heteroatoms. The highest BCUT2D eigenvalue weighted by Crippen LogP contribution is 2.33. The normalized spacial score (nSPS) is 19.3. The molecule has 1 aromatic carbocycles. The minimum absolute atomic E-state index is 0.00645. The zero-order valence-electron chi connectivity index (χ0n) is 9.62. The van der Waals surface area contributed by atoms with E-state index in [0.717, 1.165) is 23.6 Å². The van der Waals surface area contributed by atoms with Crippen LogP contribution in [0.3, 0.4) is 0 Å². The third-order valence-electron chi connectivity index (χ3n) is 2.68. The second kappa shape index (κ2) is 5.07. The molecule has 2 aromatic rings. The van der Waals surface area contributed by atoms with E-state index in [1.807, 2.05) is 6.20 Å². The number of rotatable bonds is 3. The zero-order chi connectivity index (χ0) is 12.4. The smallest absolute Gasteiger partial charge is 0.148 e. The summed E-state index contributed by atoms with van der Waals surface area (Å²) in [5.41, 5.74) is 1.85. The molecule has 0 spiro atoms. The zero-order valence-corrected chi connectivity index (χ0v) is 10.4. The van der Waals surface area contributed by atoms with Gasteiger partial charge in [-0.2, -0.15) is 0 Å². The minimum atomic E-state index is -0.228. The van der Waals surface area contributed by atoms with E-state index in [2.05, 4.69) is 10.3 Å². The summed E-state index contributed by atoms with van der Waals surface area (Å²) in [6.45, 7) is 1.35. The predicted octanol–water partition coefficient (Wildman–Crippen LogP) is 2.23. The number of ether oxygens (including phenoxy) is 1. The van der Waals surface area contributed by atoms with Gasteiger partial charge >= 0.3 is 0 Å². The van der Waals surface area contributed by atoms with Crippen molar-refractivity contribution in [2.75, 3.05) is 12.4 Å². The third kappa shape index (κ3) is 2.54. The van der Waals surface area contributed by atoms with Gasteiger partial charge < -0.3 is 4.74 Å². The molecule has 1 aliphatic heterocycles. The minimum Gasteiger partial charge on any atom is -0.360 e. The highest BCUT2D eigenvalue weighted by atomic mass is 32.2. The van der Waals surface area contributed by atoms with Crippen LogP contribution in [0, 0.1) is 5.82 Å². The highest BCUT2D eigenvalue weighted by molar-refractivity contribution is 7.99. The molecule has 0 radical (unpaired) electrons. The quantitative estimate of drug-likeness (QED) is 0.853. The van der Waals surface area contributed by atoms with Gasteiger partial charge in [0.05, 0.1) is 19.3 Å². The molecule has 4 nitrogen and oxygen atoms in total. The Morgan fingerprint density at radius 3 is 2.94 bits per heavy atom. The number of benzene rings is 1. The molecule has 0 amide bonds. The third-order valence-corrected chi connectivity index (χ3v) is 3.76. The molecule has 18 heavy (non-hydrogen) atoms. The largest absolute Gasteiger partial charge is 0.360 e. The van der Waals surface area contributed by atoms with Gasteiger partial charge in [0.25, 0.3) is 0 Å². The van der Waals surface area contributed by atoms with Crippen molar-refractivity contribution in [3.8, 4) is 0 Å². The number of hydrogen-bond acceptors (Lipinski definition) is 4. The SMILES string of the molecule is Fc1ccc(Cn2cc(C3OCCS3)nn2)cc1. The van der Waals surface area contributed by atoms with Crippen LogP contribution in [-0.4, -0.2) is 27.4 Å². The van der Waals surface area contributed by atoms with Crippen molar-refractivity contribution in [2.45, 2.75) is 12.0 Å². The molecule has 3 rings (SSSR count). The summed E-state index contributed by atoms with van der Waals surface area (Å²) in [4.78, 5) is 0. The molecular weight excluding hydrogens is 253 g/mol. The second-order valence-electron chi connectivity index (χ2n) is 4.04. The van der Waals surface area contributed by atoms with Crippen LogP contribution in [0.2, 0.25) is 0 Å². The predicted molar refractivity (Wildman–Crippen MR) is 66.7 cm³/mol. The fourth-order valence-electron chi connectivity index (χ4n) is 1.80. The van der Waals surface area contributed by atoms with Crippen LogP contribution in [0.5, 0.6) is 0 Å². The average Bonchev–Trinajstić information content (AvgIpc) is 3.02. The van der Waals surface area contributed by atoms with Crippen LogP contribution in [0.25, 0.3) is 0 Å². The molecule has 0 bridgehead atoms. The van der Waals surface area contributed by atoms with Crippen molar-refractivity contribution in [3.05, 3.63) is 47.5 Å². The van der Waals surface area contributed by atoms with Gasteiger partial charge in [0.15, 0.2) is 0 Å². The van der Waals surface area contributed by atoms with E-state index >= 15 is 0 Å². The highest BCUT2D eigenvalue weighted by Gasteiger charge is 2.21. The van der Waals surface area contributed by atoms with Crippen LogP contribution < -0.4 is 0 Å². The number of nitrogens with zero attached hydrogens (tertiary/aromatic N) is 3. The first-order valence-corrected chi connectivity index (χ1v) is 6.74. The van der Waals surface area contributed by atoms with Gasteiger partial charge in [-0.3, -0.25) is 0 Å². The van der Waals surface area contributed by atoms with Gasteiger partial charge in [-0.05, 0) is 17.7 Å². The van der Waals surface area contributed by atoms with Crippen molar-refractivity contribution in [1.82, 2.24) is 15.0 Å². The maximum atomic E-state index is 12.8. The molecule has 1 aliphatic rings. The lowest BCUT2D eigenvalue weighted by molar-refractivity contribution is 0.142. The topological polar surface area (TPSA) is 39.9 Å². The first-order valence-electron chi connectivity index (χ1n) is 5.69. The number of halogens is 1. The molecule has 0 aliphatic carbocycles. The summed E-state index contributed by atoms with van der Waals surface area (Å²) in [5.74, 6) is 0.768. The van der Waals surface area contributed by atoms with Gasteiger partial charge in [-0.25, -0.2) is 9.07 Å². The van der Waals surface area contributed by atoms with E-state index in [1.54, 1.807) is 28.6 Å². The van der Waals surface area contributed by atoms with Gasteiger partial charge in [0.1, 0.15) is 16.9 Å². The maximum absolute atomic E-state index is 12.8. The van der Waals surface area contributed by atoms with E-state index < -0.39 is 0 Å². The van der Waals surface area contributed by atoms with E-state index in [1.165, 1.54) is 12.1 Å². The first-order chi connectivity index (χ1) is 8.81. The lowest BCUT2D eigenvalue weighted by atomic mass is 10.2. The standard InChI is InChI=1S/C12H12FN3OS/c13-10-3-1-9(2-4-10)7-16-8-11(14-15-16)12-17-5-6-18-12/h1-4,8,12H,5-7H2. The average molecular weight is 265 g/mol. The van der Waals surface area contributed by atoms with E-state index in [4.69, 9.17) is 4.74 Å². The molecule has 1 unspecified atom stereocenters. The Labute approximate surface area is 108 Å². The van der Waals surface area contributed by atoms with Gasteiger partial charge in [-0.15, -0.1) is 16.9 Å².